The van der Waals surface area contributed by atoms with E-state index in [4.69, 9.17) is 4.74 Å². The van der Waals surface area contributed by atoms with Crippen LogP contribution in [0, 0.1) is 6.92 Å². The molecule has 148 valence electrons. The molecule has 2 aliphatic rings. The molecule has 0 unspecified atom stereocenters. The second kappa shape index (κ2) is 7.40. The van der Waals surface area contributed by atoms with Crippen LogP contribution in [0.2, 0.25) is 0 Å². The van der Waals surface area contributed by atoms with E-state index in [9.17, 15) is 4.79 Å². The predicted molar refractivity (Wildman–Crippen MR) is 107 cm³/mol. The van der Waals surface area contributed by atoms with Gasteiger partial charge in [-0.1, -0.05) is 0 Å². The summed E-state index contributed by atoms with van der Waals surface area (Å²) >= 11 is 0. The molecule has 1 saturated heterocycles. The maximum atomic E-state index is 12.5. The van der Waals surface area contributed by atoms with Crippen LogP contribution in [0.1, 0.15) is 64.1 Å². The Kier molecular flexibility index (Phi) is 5.12. The first-order valence-electron chi connectivity index (χ1n) is 10.4. The molecule has 6 heteroatoms. The summed E-state index contributed by atoms with van der Waals surface area (Å²) in [5.74, 6) is 0. The number of likely N-dealkylation sites (tertiary alicyclic amines) is 1. The summed E-state index contributed by atoms with van der Waals surface area (Å²) in [5, 5.41) is 0. The number of imidazole rings is 1. The molecule has 0 aromatic carbocycles. The average molecular weight is 373 g/mol. The molecule has 3 heterocycles. The van der Waals surface area contributed by atoms with E-state index >= 15 is 0 Å². The Bertz CT molecular complexity index is 839. The molecule has 27 heavy (non-hydrogen) atoms. The number of fused-ring (bicyclic) bond motifs is 1. The summed E-state index contributed by atoms with van der Waals surface area (Å²) in [6.45, 7) is 9.39. The second-order valence-electron chi connectivity index (χ2n) is 8.49. The number of aromatic amines is 1. The Morgan fingerprint density at radius 1 is 1.22 bits per heavy atom. The van der Waals surface area contributed by atoms with Crippen molar-refractivity contribution in [3.63, 3.8) is 0 Å². The van der Waals surface area contributed by atoms with Crippen molar-refractivity contribution in [3.05, 3.63) is 28.3 Å². The largest absolute Gasteiger partial charge is 0.379 e. The summed E-state index contributed by atoms with van der Waals surface area (Å²) in [6.07, 6.45) is 7.19. The van der Waals surface area contributed by atoms with Gasteiger partial charge in [0, 0.05) is 37.0 Å². The molecule has 4 rings (SSSR count). The number of aromatic nitrogens is 3. The highest BCUT2D eigenvalue weighted by Gasteiger charge is 2.38. The quantitative estimate of drug-likeness (QED) is 0.893. The standard InChI is InChI=1S/C21H32N4O2/c1-4-27-17-7-11-21(3,12-8-17)24-13-9-16(10-14-24)25-19-18(23-20(25)26)6-5-15(2)22-19/h5-6,16-17H,4,7-14H2,1-3H3,(H,23,26)/t17-,21-. The number of piperidine rings is 1. The first-order chi connectivity index (χ1) is 13.0. The van der Waals surface area contributed by atoms with Crippen LogP contribution in [0.5, 0.6) is 0 Å². The van der Waals surface area contributed by atoms with Crippen LogP contribution in [0.25, 0.3) is 11.2 Å². The Balaban J connectivity index is 1.45. The molecular weight excluding hydrogens is 340 g/mol. The third-order valence-corrected chi connectivity index (χ3v) is 6.71. The van der Waals surface area contributed by atoms with Crippen molar-refractivity contribution in [1.29, 1.82) is 0 Å². The molecule has 1 saturated carbocycles. The SMILES string of the molecule is CCO[C@H]1CC[C@](C)(N2CCC(n3c(=O)[nH]c4ccc(C)nc43)CC2)CC1. The zero-order valence-electron chi connectivity index (χ0n) is 16.8. The van der Waals surface area contributed by atoms with Crippen molar-refractivity contribution in [2.45, 2.75) is 77.0 Å². The van der Waals surface area contributed by atoms with E-state index < -0.39 is 0 Å². The fourth-order valence-electron chi connectivity index (χ4n) is 5.03. The Morgan fingerprint density at radius 3 is 2.59 bits per heavy atom. The van der Waals surface area contributed by atoms with Crippen LogP contribution in [-0.2, 0) is 4.74 Å². The minimum absolute atomic E-state index is 0.0232. The van der Waals surface area contributed by atoms with Crippen molar-refractivity contribution >= 4 is 11.2 Å². The molecule has 1 aliphatic heterocycles. The summed E-state index contributed by atoms with van der Waals surface area (Å²) in [6, 6.07) is 4.15. The van der Waals surface area contributed by atoms with E-state index in [0.717, 1.165) is 62.2 Å². The average Bonchev–Trinajstić information content (AvgIpc) is 2.99. The van der Waals surface area contributed by atoms with Gasteiger partial charge in [0.1, 0.15) is 0 Å². The highest BCUT2D eigenvalue weighted by molar-refractivity contribution is 5.70. The van der Waals surface area contributed by atoms with Crippen LogP contribution in [0.15, 0.2) is 16.9 Å². The van der Waals surface area contributed by atoms with Gasteiger partial charge in [-0.3, -0.25) is 9.47 Å². The molecule has 0 radical (unpaired) electrons. The van der Waals surface area contributed by atoms with Crippen molar-refractivity contribution < 1.29 is 4.74 Å². The highest BCUT2D eigenvalue weighted by Crippen LogP contribution is 2.37. The molecule has 2 aromatic heterocycles. The molecule has 6 nitrogen and oxygen atoms in total. The number of nitrogens with zero attached hydrogens (tertiary/aromatic N) is 3. The van der Waals surface area contributed by atoms with Crippen LogP contribution >= 0.6 is 0 Å². The van der Waals surface area contributed by atoms with E-state index in [-0.39, 0.29) is 17.3 Å². The fourth-order valence-corrected chi connectivity index (χ4v) is 5.03. The van der Waals surface area contributed by atoms with Crippen LogP contribution in [0.3, 0.4) is 0 Å². The topological polar surface area (TPSA) is 63.1 Å². The predicted octanol–water partition coefficient (Wildman–Crippen LogP) is 3.41. The van der Waals surface area contributed by atoms with Gasteiger partial charge in [-0.25, -0.2) is 9.78 Å². The molecule has 0 amide bonds. The third kappa shape index (κ3) is 3.57. The Labute approximate surface area is 160 Å². The van der Waals surface area contributed by atoms with E-state index in [1.165, 1.54) is 12.8 Å². The minimum atomic E-state index is -0.0232. The van der Waals surface area contributed by atoms with Crippen molar-refractivity contribution in [1.82, 2.24) is 19.4 Å². The number of pyridine rings is 1. The van der Waals surface area contributed by atoms with Gasteiger partial charge >= 0.3 is 5.69 Å². The molecule has 0 bridgehead atoms. The van der Waals surface area contributed by atoms with Gasteiger partial charge in [0.2, 0.25) is 0 Å². The monoisotopic (exact) mass is 372 g/mol. The van der Waals surface area contributed by atoms with E-state index in [2.05, 4.69) is 28.7 Å². The number of nitrogens with one attached hydrogen (secondary N) is 1. The van der Waals surface area contributed by atoms with Gasteiger partial charge in [0.15, 0.2) is 5.65 Å². The van der Waals surface area contributed by atoms with E-state index in [1.54, 1.807) is 0 Å². The lowest BCUT2D eigenvalue weighted by Crippen LogP contribution is -2.53. The maximum absolute atomic E-state index is 12.5. The zero-order chi connectivity index (χ0) is 19.0. The van der Waals surface area contributed by atoms with E-state index in [1.807, 2.05) is 23.6 Å². The fraction of sp³-hybridized carbons (Fsp3) is 0.714. The summed E-state index contributed by atoms with van der Waals surface area (Å²) in [7, 11) is 0. The van der Waals surface area contributed by atoms with Crippen LogP contribution < -0.4 is 5.69 Å². The van der Waals surface area contributed by atoms with Gasteiger partial charge in [0.05, 0.1) is 11.6 Å². The zero-order valence-corrected chi connectivity index (χ0v) is 16.8. The molecule has 1 aliphatic carbocycles. The lowest BCUT2D eigenvalue weighted by atomic mass is 9.79. The van der Waals surface area contributed by atoms with E-state index in [0.29, 0.717) is 6.10 Å². The molecular formula is C21H32N4O2. The number of rotatable bonds is 4. The molecule has 2 fully saturated rings. The summed E-state index contributed by atoms with van der Waals surface area (Å²) in [5.41, 5.74) is 2.85. The normalized spacial score (nSPS) is 28.0. The first kappa shape index (κ1) is 18.7. The number of hydrogen-bond acceptors (Lipinski definition) is 4. The van der Waals surface area contributed by atoms with Gasteiger partial charge in [-0.05, 0) is 71.4 Å². The van der Waals surface area contributed by atoms with Gasteiger partial charge in [-0.2, -0.15) is 0 Å². The van der Waals surface area contributed by atoms with Crippen molar-refractivity contribution in [2.75, 3.05) is 19.7 Å². The lowest BCUT2D eigenvalue weighted by Gasteiger charge is -2.48. The van der Waals surface area contributed by atoms with Crippen molar-refractivity contribution in [3.8, 4) is 0 Å². The number of aryl methyl sites for hydroxylation is 1. The Morgan fingerprint density at radius 2 is 1.93 bits per heavy atom. The van der Waals surface area contributed by atoms with Gasteiger partial charge < -0.3 is 9.72 Å². The van der Waals surface area contributed by atoms with Gasteiger partial charge in [-0.15, -0.1) is 0 Å². The Hall–Kier alpha value is -1.66. The second-order valence-corrected chi connectivity index (χ2v) is 8.49. The highest BCUT2D eigenvalue weighted by atomic mass is 16.5. The number of H-pyrrole nitrogens is 1. The maximum Gasteiger partial charge on any atom is 0.327 e. The third-order valence-electron chi connectivity index (χ3n) is 6.71. The molecule has 0 atom stereocenters. The lowest BCUT2D eigenvalue weighted by molar-refractivity contribution is -0.0273. The summed E-state index contributed by atoms with van der Waals surface area (Å²) < 4.78 is 7.72. The summed E-state index contributed by atoms with van der Waals surface area (Å²) in [4.78, 5) is 22.8. The van der Waals surface area contributed by atoms with Gasteiger partial charge in [0.25, 0.3) is 0 Å². The van der Waals surface area contributed by atoms with Crippen LogP contribution in [-0.4, -0.2) is 50.8 Å². The molecule has 2 aromatic rings. The van der Waals surface area contributed by atoms with Crippen molar-refractivity contribution in [2.24, 2.45) is 0 Å². The smallest absolute Gasteiger partial charge is 0.327 e. The minimum Gasteiger partial charge on any atom is -0.379 e. The first-order valence-corrected chi connectivity index (χ1v) is 10.4. The number of hydrogen-bond donors (Lipinski definition) is 1. The van der Waals surface area contributed by atoms with Crippen LogP contribution in [0.4, 0.5) is 0 Å². The molecule has 0 spiro atoms. The number of ether oxygens (including phenoxy) is 1. The molecule has 1 N–H and O–H groups in total.